The Kier molecular flexibility index (Phi) is 7.80. The fraction of sp³-hybridized carbons (Fsp3) is 0.227. The Bertz CT molecular complexity index is 1120. The van der Waals surface area contributed by atoms with Gasteiger partial charge in [0.25, 0.3) is 0 Å². The van der Waals surface area contributed by atoms with E-state index in [1.807, 2.05) is 30.3 Å². The van der Waals surface area contributed by atoms with Crippen LogP contribution in [-0.2, 0) is 26.2 Å². The number of nitrogens with zero attached hydrogens (tertiary/aromatic N) is 1. The van der Waals surface area contributed by atoms with Gasteiger partial charge in [0.1, 0.15) is 12.1 Å². The number of carboxylic acids is 1. The van der Waals surface area contributed by atoms with Crippen molar-refractivity contribution < 1.29 is 27.9 Å². The van der Waals surface area contributed by atoms with Crippen LogP contribution in [0.25, 0.3) is 0 Å². The van der Waals surface area contributed by atoms with E-state index >= 15 is 0 Å². The minimum Gasteiger partial charge on any atom is -0.480 e. The number of carboxylic acid groups (broad SMARTS) is 1. The molecule has 10 nitrogen and oxygen atoms in total. The van der Waals surface area contributed by atoms with Gasteiger partial charge in [-0.25, -0.2) is 18.0 Å². The van der Waals surface area contributed by atoms with Crippen LogP contribution in [0.5, 0.6) is 0 Å². The maximum Gasteiger partial charge on any atom is 0.328 e. The lowest BCUT2D eigenvalue weighted by atomic mass is 10.2. The van der Waals surface area contributed by atoms with E-state index in [-0.39, 0.29) is 24.5 Å². The molecule has 2 aromatic carbocycles. The summed E-state index contributed by atoms with van der Waals surface area (Å²) in [5, 5.41) is 16.8. The minimum atomic E-state index is -3.97. The molecule has 2 aromatic rings. The lowest BCUT2D eigenvalue weighted by molar-refractivity contribution is -0.141. The highest BCUT2D eigenvalue weighted by Gasteiger charge is 2.37. The fourth-order valence-corrected chi connectivity index (χ4v) is 4.71. The van der Waals surface area contributed by atoms with Gasteiger partial charge in [0.2, 0.25) is 15.9 Å². The fourth-order valence-electron chi connectivity index (χ4n) is 3.19. The van der Waals surface area contributed by atoms with Crippen LogP contribution in [-0.4, -0.2) is 60.9 Å². The van der Waals surface area contributed by atoms with Crippen LogP contribution in [0.1, 0.15) is 5.56 Å². The number of nitrogens with one attached hydrogen (secondary N) is 3. The molecular formula is C22H24N4O6S. The van der Waals surface area contributed by atoms with Crippen LogP contribution < -0.4 is 16.0 Å². The summed E-state index contributed by atoms with van der Waals surface area (Å²) in [7, 11) is -3.97. The van der Waals surface area contributed by atoms with Gasteiger partial charge in [0.15, 0.2) is 0 Å². The SMILES string of the molecule is O=C(NCc1ccccc1)NC[C@H](NC(=O)C1C=CCN1S(=O)(=O)c1ccccc1)C(=O)O. The van der Waals surface area contributed by atoms with E-state index in [0.29, 0.717) is 0 Å². The largest absolute Gasteiger partial charge is 0.480 e. The first-order chi connectivity index (χ1) is 15.8. The maximum absolute atomic E-state index is 12.9. The van der Waals surface area contributed by atoms with Gasteiger partial charge in [0.05, 0.1) is 11.4 Å². The lowest BCUT2D eigenvalue weighted by Crippen LogP contribution is -2.54. The Balaban J connectivity index is 1.58. The molecule has 0 bridgehead atoms. The zero-order chi connectivity index (χ0) is 23.8. The van der Waals surface area contributed by atoms with E-state index in [2.05, 4.69) is 16.0 Å². The Hall–Kier alpha value is -3.70. The number of amides is 3. The molecule has 4 N–H and O–H groups in total. The molecule has 11 heteroatoms. The van der Waals surface area contributed by atoms with E-state index in [0.717, 1.165) is 9.87 Å². The number of urea groups is 1. The van der Waals surface area contributed by atoms with Gasteiger partial charge in [-0.2, -0.15) is 4.31 Å². The predicted octanol–water partition coefficient (Wildman–Crippen LogP) is 0.685. The molecule has 1 heterocycles. The second-order valence-electron chi connectivity index (χ2n) is 7.21. The van der Waals surface area contributed by atoms with Crippen LogP contribution in [0.2, 0.25) is 0 Å². The average molecular weight is 473 g/mol. The van der Waals surface area contributed by atoms with Gasteiger partial charge in [0, 0.05) is 13.1 Å². The second kappa shape index (κ2) is 10.7. The molecule has 0 fully saturated rings. The van der Waals surface area contributed by atoms with E-state index in [9.17, 15) is 27.9 Å². The molecule has 1 aliphatic heterocycles. The number of sulfonamides is 1. The van der Waals surface area contributed by atoms with E-state index in [1.165, 1.54) is 24.3 Å². The van der Waals surface area contributed by atoms with Crippen molar-refractivity contribution in [3.8, 4) is 0 Å². The van der Waals surface area contributed by atoms with Crippen molar-refractivity contribution in [1.29, 1.82) is 0 Å². The number of hydrogen-bond acceptors (Lipinski definition) is 5. The first-order valence-electron chi connectivity index (χ1n) is 10.1. The van der Waals surface area contributed by atoms with Gasteiger partial charge in [-0.1, -0.05) is 60.7 Å². The van der Waals surface area contributed by atoms with Crippen molar-refractivity contribution in [2.45, 2.75) is 23.5 Å². The maximum atomic E-state index is 12.9. The molecule has 0 aliphatic carbocycles. The van der Waals surface area contributed by atoms with Crippen molar-refractivity contribution in [3.05, 3.63) is 78.4 Å². The molecule has 33 heavy (non-hydrogen) atoms. The van der Waals surface area contributed by atoms with Gasteiger partial charge in [-0.05, 0) is 17.7 Å². The zero-order valence-corrected chi connectivity index (χ0v) is 18.4. The van der Waals surface area contributed by atoms with Crippen molar-refractivity contribution in [2.75, 3.05) is 13.1 Å². The third-order valence-corrected chi connectivity index (χ3v) is 6.77. The Morgan fingerprint density at radius 3 is 2.27 bits per heavy atom. The summed E-state index contributed by atoms with van der Waals surface area (Å²) in [5.41, 5.74) is 0.864. The summed E-state index contributed by atoms with van der Waals surface area (Å²) in [5.74, 6) is -2.17. The van der Waals surface area contributed by atoms with Crippen LogP contribution >= 0.6 is 0 Å². The number of rotatable bonds is 9. The molecule has 3 amide bonds. The molecule has 3 rings (SSSR count). The number of aliphatic carboxylic acids is 1. The monoisotopic (exact) mass is 472 g/mol. The molecule has 1 aliphatic rings. The highest BCUT2D eigenvalue weighted by molar-refractivity contribution is 7.89. The molecule has 0 saturated carbocycles. The van der Waals surface area contributed by atoms with Crippen LogP contribution in [0, 0.1) is 0 Å². The standard InChI is InChI=1S/C22H24N4O6S/c27-20(19-12-7-13-26(19)33(31,32)17-10-5-2-6-11-17)25-18(21(28)29)15-24-22(30)23-14-16-8-3-1-4-9-16/h1-12,18-19H,13-15H2,(H,25,27)(H,28,29)(H2,23,24,30)/t18-,19?/m0/s1. The summed E-state index contributed by atoms with van der Waals surface area (Å²) in [6, 6.07) is 13.5. The second-order valence-corrected chi connectivity index (χ2v) is 9.10. The summed E-state index contributed by atoms with van der Waals surface area (Å²) in [6.45, 7) is -0.160. The molecule has 2 atom stereocenters. The highest BCUT2D eigenvalue weighted by atomic mass is 32.2. The van der Waals surface area contributed by atoms with Crippen LogP contribution in [0.4, 0.5) is 4.79 Å². The molecule has 1 unspecified atom stereocenters. The number of carbonyl (C=O) groups is 3. The Morgan fingerprint density at radius 2 is 1.64 bits per heavy atom. The molecule has 0 radical (unpaired) electrons. The number of hydrogen-bond donors (Lipinski definition) is 4. The Labute approximate surface area is 191 Å². The molecule has 0 saturated heterocycles. The smallest absolute Gasteiger partial charge is 0.328 e. The van der Waals surface area contributed by atoms with Gasteiger partial charge >= 0.3 is 12.0 Å². The summed E-state index contributed by atoms with van der Waals surface area (Å²) < 4.78 is 26.8. The minimum absolute atomic E-state index is 0.0206. The first kappa shape index (κ1) is 24.0. The summed E-state index contributed by atoms with van der Waals surface area (Å²) in [4.78, 5) is 36.4. The van der Waals surface area contributed by atoms with Gasteiger partial charge in [-0.3, -0.25) is 4.79 Å². The third kappa shape index (κ3) is 6.18. The summed E-state index contributed by atoms with van der Waals surface area (Å²) in [6.07, 6.45) is 2.92. The van der Waals surface area contributed by atoms with Crippen molar-refractivity contribution in [1.82, 2.24) is 20.3 Å². The average Bonchev–Trinajstić information content (AvgIpc) is 3.32. The lowest BCUT2D eigenvalue weighted by Gasteiger charge is -2.25. The molecule has 0 spiro atoms. The summed E-state index contributed by atoms with van der Waals surface area (Å²) >= 11 is 0. The predicted molar refractivity (Wildman–Crippen MR) is 120 cm³/mol. The quantitative estimate of drug-likeness (QED) is 0.395. The normalized spacial score (nSPS) is 16.7. The van der Waals surface area contributed by atoms with Crippen molar-refractivity contribution in [2.24, 2.45) is 0 Å². The Morgan fingerprint density at radius 1 is 1.00 bits per heavy atom. The number of benzene rings is 2. The van der Waals surface area contributed by atoms with Crippen LogP contribution in [0.15, 0.2) is 77.7 Å². The van der Waals surface area contributed by atoms with E-state index < -0.39 is 40.0 Å². The first-order valence-corrected chi connectivity index (χ1v) is 11.6. The van der Waals surface area contributed by atoms with E-state index in [1.54, 1.807) is 18.2 Å². The molecule has 174 valence electrons. The van der Waals surface area contributed by atoms with Gasteiger partial charge < -0.3 is 21.1 Å². The number of carbonyl (C=O) groups excluding carboxylic acids is 2. The molecule has 0 aromatic heterocycles. The third-order valence-electron chi connectivity index (χ3n) is 4.91. The zero-order valence-electron chi connectivity index (χ0n) is 17.5. The van der Waals surface area contributed by atoms with Gasteiger partial charge in [-0.15, -0.1) is 0 Å². The van der Waals surface area contributed by atoms with E-state index in [4.69, 9.17) is 0 Å². The topological polar surface area (TPSA) is 145 Å². The van der Waals surface area contributed by atoms with Crippen molar-refractivity contribution in [3.63, 3.8) is 0 Å². The van der Waals surface area contributed by atoms with Crippen LogP contribution in [0.3, 0.4) is 0 Å². The van der Waals surface area contributed by atoms with Crippen molar-refractivity contribution >= 4 is 27.9 Å². The highest BCUT2D eigenvalue weighted by Crippen LogP contribution is 2.22. The molecular weight excluding hydrogens is 448 g/mol.